The molecular weight excluding hydrogens is 278 g/mol. The maximum absolute atomic E-state index is 12.0. The summed E-state index contributed by atoms with van der Waals surface area (Å²) in [5.74, 6) is 0.264. The van der Waals surface area contributed by atoms with Crippen LogP contribution in [0.4, 0.5) is 5.69 Å². The molecule has 3 heteroatoms. The highest BCUT2D eigenvalue weighted by Gasteiger charge is 2.18. The maximum Gasteiger partial charge on any atom is 0.227 e. The minimum Gasteiger partial charge on any atom is -0.326 e. The number of hydrogen-bond acceptors (Lipinski definition) is 1. The van der Waals surface area contributed by atoms with Gasteiger partial charge in [-0.15, -0.1) is 0 Å². The first kappa shape index (κ1) is 12.4. The van der Waals surface area contributed by atoms with Crippen molar-refractivity contribution in [1.29, 1.82) is 0 Å². The van der Waals surface area contributed by atoms with E-state index in [4.69, 9.17) is 0 Å². The molecule has 2 rings (SSSR count). The van der Waals surface area contributed by atoms with Gasteiger partial charge in [-0.1, -0.05) is 28.1 Å². The molecule has 90 valence electrons. The van der Waals surface area contributed by atoms with Crippen molar-refractivity contribution in [2.45, 2.75) is 26.2 Å². The van der Waals surface area contributed by atoms with Crippen LogP contribution in [-0.2, 0) is 4.79 Å². The molecule has 0 spiro atoms. The Kier molecular flexibility index (Phi) is 4.00. The van der Waals surface area contributed by atoms with Gasteiger partial charge in [-0.2, -0.15) is 0 Å². The summed E-state index contributed by atoms with van der Waals surface area (Å²) in [6.45, 7) is 2.02. The monoisotopic (exact) mass is 293 g/mol. The highest BCUT2D eigenvalue weighted by Crippen LogP contribution is 2.23. The fourth-order valence-electron chi connectivity index (χ4n) is 2.00. The molecule has 1 unspecified atom stereocenters. The van der Waals surface area contributed by atoms with Crippen molar-refractivity contribution in [2.75, 3.05) is 5.32 Å². The second kappa shape index (κ2) is 5.50. The fourth-order valence-corrected chi connectivity index (χ4v) is 2.25. The number of amides is 1. The number of anilines is 1. The molecule has 0 heterocycles. The molecule has 1 aliphatic rings. The molecule has 1 amide bonds. The molecule has 0 aliphatic heterocycles. The Balaban J connectivity index is 2.02. The van der Waals surface area contributed by atoms with Crippen LogP contribution in [0.25, 0.3) is 0 Å². The molecule has 1 aliphatic carbocycles. The van der Waals surface area contributed by atoms with E-state index >= 15 is 0 Å². The van der Waals surface area contributed by atoms with Gasteiger partial charge in [0.15, 0.2) is 0 Å². The van der Waals surface area contributed by atoms with Crippen molar-refractivity contribution in [3.63, 3.8) is 0 Å². The molecule has 1 atom stereocenters. The van der Waals surface area contributed by atoms with Gasteiger partial charge in [0.1, 0.15) is 0 Å². The standard InChI is InChI=1S/C14H16BrNO/c1-10-9-12(7-8-13(10)15)16-14(17)11-5-3-2-4-6-11/h2-3,7-9,11H,4-6H2,1H3,(H,16,17). The Bertz CT molecular complexity index is 454. The zero-order valence-corrected chi connectivity index (χ0v) is 11.5. The third-order valence-corrected chi connectivity index (χ3v) is 3.96. The van der Waals surface area contributed by atoms with Gasteiger partial charge >= 0.3 is 0 Å². The van der Waals surface area contributed by atoms with Crippen LogP contribution in [0.1, 0.15) is 24.8 Å². The second-order valence-corrected chi connectivity index (χ2v) is 5.29. The summed E-state index contributed by atoms with van der Waals surface area (Å²) in [5, 5.41) is 2.99. The number of halogens is 1. The van der Waals surface area contributed by atoms with Gasteiger partial charge in [0.25, 0.3) is 0 Å². The van der Waals surface area contributed by atoms with Crippen molar-refractivity contribution in [3.05, 3.63) is 40.4 Å². The van der Waals surface area contributed by atoms with Crippen molar-refractivity contribution in [3.8, 4) is 0 Å². The number of carbonyl (C=O) groups excluding carboxylic acids is 1. The van der Waals surface area contributed by atoms with Crippen LogP contribution in [0.15, 0.2) is 34.8 Å². The third kappa shape index (κ3) is 3.19. The summed E-state index contributed by atoms with van der Waals surface area (Å²) in [5.41, 5.74) is 2.01. The summed E-state index contributed by atoms with van der Waals surface area (Å²) in [6.07, 6.45) is 7.07. The lowest BCUT2D eigenvalue weighted by Crippen LogP contribution is -2.23. The van der Waals surface area contributed by atoms with Gasteiger partial charge in [0, 0.05) is 16.1 Å². The minimum atomic E-state index is 0.129. The van der Waals surface area contributed by atoms with Gasteiger partial charge in [0.2, 0.25) is 5.91 Å². The summed E-state index contributed by atoms with van der Waals surface area (Å²) >= 11 is 3.45. The Morgan fingerprint density at radius 1 is 1.41 bits per heavy atom. The minimum absolute atomic E-state index is 0.129. The molecule has 1 aromatic carbocycles. The van der Waals surface area contributed by atoms with Crippen molar-refractivity contribution in [2.24, 2.45) is 5.92 Å². The number of carbonyl (C=O) groups is 1. The zero-order chi connectivity index (χ0) is 12.3. The van der Waals surface area contributed by atoms with Crippen LogP contribution in [0, 0.1) is 12.8 Å². The van der Waals surface area contributed by atoms with Gasteiger partial charge in [-0.25, -0.2) is 0 Å². The topological polar surface area (TPSA) is 29.1 Å². The normalized spacial score (nSPS) is 19.1. The lowest BCUT2D eigenvalue weighted by atomic mass is 9.93. The Hall–Kier alpha value is -1.09. The third-order valence-electron chi connectivity index (χ3n) is 3.07. The zero-order valence-electron chi connectivity index (χ0n) is 9.87. The molecule has 0 radical (unpaired) electrons. The van der Waals surface area contributed by atoms with Gasteiger partial charge in [-0.3, -0.25) is 4.79 Å². The summed E-state index contributed by atoms with van der Waals surface area (Å²) in [4.78, 5) is 12.0. The molecule has 0 saturated heterocycles. The predicted octanol–water partition coefficient (Wildman–Crippen LogP) is 4.05. The van der Waals surface area contributed by atoms with E-state index in [1.807, 2.05) is 25.1 Å². The Labute approximate surface area is 110 Å². The SMILES string of the molecule is Cc1cc(NC(=O)C2CC=CCC2)ccc1Br. The van der Waals surface area contributed by atoms with E-state index in [1.54, 1.807) is 0 Å². The first-order valence-corrected chi connectivity index (χ1v) is 6.68. The summed E-state index contributed by atoms with van der Waals surface area (Å²) < 4.78 is 1.07. The van der Waals surface area contributed by atoms with E-state index in [0.717, 1.165) is 35.0 Å². The van der Waals surface area contributed by atoms with E-state index in [2.05, 4.69) is 33.4 Å². The second-order valence-electron chi connectivity index (χ2n) is 4.43. The van der Waals surface area contributed by atoms with E-state index in [0.29, 0.717) is 0 Å². The van der Waals surface area contributed by atoms with E-state index in [9.17, 15) is 4.79 Å². The van der Waals surface area contributed by atoms with E-state index in [1.165, 1.54) is 0 Å². The molecule has 0 saturated carbocycles. The van der Waals surface area contributed by atoms with E-state index < -0.39 is 0 Å². The van der Waals surface area contributed by atoms with Crippen molar-refractivity contribution >= 4 is 27.5 Å². The smallest absolute Gasteiger partial charge is 0.227 e. The Morgan fingerprint density at radius 2 is 2.24 bits per heavy atom. The quantitative estimate of drug-likeness (QED) is 0.819. The largest absolute Gasteiger partial charge is 0.326 e. The van der Waals surface area contributed by atoms with Crippen LogP contribution >= 0.6 is 15.9 Å². The van der Waals surface area contributed by atoms with Crippen LogP contribution < -0.4 is 5.32 Å². The summed E-state index contributed by atoms with van der Waals surface area (Å²) in [6, 6.07) is 5.88. The number of benzene rings is 1. The molecule has 0 aromatic heterocycles. The van der Waals surface area contributed by atoms with Crippen LogP contribution in [0.3, 0.4) is 0 Å². The molecule has 1 aromatic rings. The van der Waals surface area contributed by atoms with E-state index in [-0.39, 0.29) is 11.8 Å². The molecule has 0 fully saturated rings. The molecule has 2 nitrogen and oxygen atoms in total. The summed E-state index contributed by atoms with van der Waals surface area (Å²) in [7, 11) is 0. The number of nitrogens with one attached hydrogen (secondary N) is 1. The first-order valence-electron chi connectivity index (χ1n) is 5.89. The molecule has 0 bridgehead atoms. The van der Waals surface area contributed by atoms with Crippen LogP contribution in [0.5, 0.6) is 0 Å². The van der Waals surface area contributed by atoms with Gasteiger partial charge in [0.05, 0.1) is 0 Å². The van der Waals surface area contributed by atoms with Gasteiger partial charge < -0.3 is 5.32 Å². The average molecular weight is 294 g/mol. The van der Waals surface area contributed by atoms with Crippen molar-refractivity contribution < 1.29 is 4.79 Å². The highest BCUT2D eigenvalue weighted by atomic mass is 79.9. The Morgan fingerprint density at radius 3 is 2.88 bits per heavy atom. The number of hydrogen-bond donors (Lipinski definition) is 1. The van der Waals surface area contributed by atoms with Crippen LogP contribution in [-0.4, -0.2) is 5.91 Å². The fraction of sp³-hybridized carbons (Fsp3) is 0.357. The predicted molar refractivity (Wildman–Crippen MR) is 74.0 cm³/mol. The first-order chi connectivity index (χ1) is 8.16. The van der Waals surface area contributed by atoms with Gasteiger partial charge in [-0.05, 0) is 49.9 Å². The highest BCUT2D eigenvalue weighted by molar-refractivity contribution is 9.10. The maximum atomic E-state index is 12.0. The number of rotatable bonds is 2. The molecular formula is C14H16BrNO. The number of aryl methyl sites for hydroxylation is 1. The van der Waals surface area contributed by atoms with Crippen molar-refractivity contribution in [1.82, 2.24) is 0 Å². The van der Waals surface area contributed by atoms with Crippen LogP contribution in [0.2, 0.25) is 0 Å². The lowest BCUT2D eigenvalue weighted by Gasteiger charge is -2.17. The molecule has 17 heavy (non-hydrogen) atoms. The average Bonchev–Trinajstić information content (AvgIpc) is 2.35. The number of allylic oxidation sites excluding steroid dienone is 2. The lowest BCUT2D eigenvalue weighted by molar-refractivity contribution is -0.120. The molecule has 1 N–H and O–H groups in total.